The smallest absolute Gasteiger partial charge is 0.239 e. The van der Waals surface area contributed by atoms with Gasteiger partial charge < -0.3 is 19.1 Å². The van der Waals surface area contributed by atoms with E-state index in [9.17, 15) is 4.79 Å². The van der Waals surface area contributed by atoms with E-state index in [0.717, 1.165) is 37.4 Å². The molecule has 3 unspecified atom stereocenters. The van der Waals surface area contributed by atoms with Crippen LogP contribution in [0.25, 0.3) is 0 Å². The summed E-state index contributed by atoms with van der Waals surface area (Å²) >= 11 is 0. The molecule has 1 aromatic rings. The zero-order valence-corrected chi connectivity index (χ0v) is 17.6. The minimum Gasteiger partial charge on any atom is -0.490 e. The Bertz CT molecular complexity index is 635. The molecule has 0 radical (unpaired) electrons. The summed E-state index contributed by atoms with van der Waals surface area (Å²) in [7, 11) is 0. The van der Waals surface area contributed by atoms with Crippen molar-refractivity contribution < 1.29 is 19.0 Å². The Balaban J connectivity index is 1.51. The summed E-state index contributed by atoms with van der Waals surface area (Å²) in [6.07, 6.45) is 2.18. The molecule has 1 amide bonds. The number of carbonyl (C=O) groups is 1. The molecule has 2 fully saturated rings. The van der Waals surface area contributed by atoms with Crippen LogP contribution in [0.3, 0.4) is 0 Å². The van der Waals surface area contributed by atoms with E-state index in [4.69, 9.17) is 14.2 Å². The fraction of sp³-hybridized carbons (Fsp3) is 0.682. The van der Waals surface area contributed by atoms with Crippen molar-refractivity contribution in [2.75, 3.05) is 32.8 Å². The van der Waals surface area contributed by atoms with Crippen molar-refractivity contribution in [1.29, 1.82) is 0 Å². The van der Waals surface area contributed by atoms with Gasteiger partial charge in [0, 0.05) is 26.2 Å². The van der Waals surface area contributed by atoms with Crippen molar-refractivity contribution in [3.8, 4) is 11.5 Å². The Kier molecular flexibility index (Phi) is 7.18. The first-order chi connectivity index (χ1) is 13.5. The van der Waals surface area contributed by atoms with Crippen molar-refractivity contribution in [2.24, 2.45) is 0 Å². The Hall–Kier alpha value is -1.79. The molecular formula is C22H34N2O4. The molecule has 0 N–H and O–H groups in total. The minimum atomic E-state index is -0.103. The number of morpholine rings is 1. The highest BCUT2D eigenvalue weighted by molar-refractivity contribution is 5.81. The van der Waals surface area contributed by atoms with Crippen LogP contribution in [-0.4, -0.2) is 72.8 Å². The first kappa shape index (κ1) is 20.9. The summed E-state index contributed by atoms with van der Waals surface area (Å²) in [5.74, 6) is 1.82. The van der Waals surface area contributed by atoms with Crippen LogP contribution in [0.4, 0.5) is 0 Å². The van der Waals surface area contributed by atoms with Crippen LogP contribution in [0.15, 0.2) is 24.3 Å². The second-order valence-corrected chi connectivity index (χ2v) is 7.91. The predicted octanol–water partition coefficient (Wildman–Crippen LogP) is 2.95. The standard InChI is InChI=1S/C22H34N2O4/c1-5-26-20-8-6-7-9-21(20)28-19-10-12-23(13-11-19)18(4)22(25)24-14-16(2)27-17(3)15-24/h6-9,16-19H,5,10-15H2,1-4H3. The molecule has 0 saturated carbocycles. The molecule has 156 valence electrons. The Morgan fingerprint density at radius 3 is 2.36 bits per heavy atom. The molecule has 3 rings (SSSR count). The van der Waals surface area contributed by atoms with Crippen LogP contribution < -0.4 is 9.47 Å². The normalized spacial score (nSPS) is 25.4. The fourth-order valence-electron chi connectivity index (χ4n) is 4.16. The van der Waals surface area contributed by atoms with E-state index < -0.39 is 0 Å². The molecule has 2 saturated heterocycles. The van der Waals surface area contributed by atoms with Crippen LogP contribution in [0.2, 0.25) is 0 Å². The van der Waals surface area contributed by atoms with E-state index in [1.807, 2.05) is 56.9 Å². The van der Waals surface area contributed by atoms with Crippen molar-refractivity contribution in [3.05, 3.63) is 24.3 Å². The van der Waals surface area contributed by atoms with Gasteiger partial charge in [-0.1, -0.05) is 12.1 Å². The van der Waals surface area contributed by atoms with Crippen LogP contribution in [0.1, 0.15) is 40.5 Å². The van der Waals surface area contributed by atoms with Gasteiger partial charge in [0.1, 0.15) is 6.10 Å². The third kappa shape index (κ3) is 5.17. The summed E-state index contributed by atoms with van der Waals surface area (Å²) in [6.45, 7) is 11.8. The Morgan fingerprint density at radius 2 is 1.75 bits per heavy atom. The summed E-state index contributed by atoms with van der Waals surface area (Å²) in [6, 6.07) is 7.73. The van der Waals surface area contributed by atoms with E-state index in [0.29, 0.717) is 19.7 Å². The second-order valence-electron chi connectivity index (χ2n) is 7.91. The van der Waals surface area contributed by atoms with Gasteiger partial charge in [-0.25, -0.2) is 0 Å². The van der Waals surface area contributed by atoms with Crippen LogP contribution >= 0.6 is 0 Å². The zero-order chi connectivity index (χ0) is 20.1. The van der Waals surface area contributed by atoms with E-state index in [-0.39, 0.29) is 30.3 Å². The van der Waals surface area contributed by atoms with Gasteiger partial charge in [-0.05, 0) is 52.7 Å². The van der Waals surface area contributed by atoms with Crippen molar-refractivity contribution in [1.82, 2.24) is 9.80 Å². The van der Waals surface area contributed by atoms with Crippen LogP contribution in [0, 0.1) is 0 Å². The first-order valence-electron chi connectivity index (χ1n) is 10.5. The number of carbonyl (C=O) groups excluding carboxylic acids is 1. The molecule has 0 bridgehead atoms. The molecule has 2 aliphatic rings. The van der Waals surface area contributed by atoms with Gasteiger partial charge in [-0.3, -0.25) is 9.69 Å². The van der Waals surface area contributed by atoms with E-state index in [1.54, 1.807) is 0 Å². The average molecular weight is 391 g/mol. The second kappa shape index (κ2) is 9.61. The maximum absolute atomic E-state index is 13.0. The third-order valence-corrected chi connectivity index (χ3v) is 5.56. The number of ether oxygens (including phenoxy) is 3. The lowest BCUT2D eigenvalue weighted by molar-refractivity contribution is -0.148. The number of amides is 1. The monoisotopic (exact) mass is 390 g/mol. The molecule has 2 heterocycles. The summed E-state index contributed by atoms with van der Waals surface area (Å²) in [5, 5.41) is 0. The van der Waals surface area contributed by atoms with Gasteiger partial charge >= 0.3 is 0 Å². The Labute approximate surface area is 168 Å². The lowest BCUT2D eigenvalue weighted by atomic mass is 10.0. The minimum absolute atomic E-state index is 0.101. The number of nitrogens with zero attached hydrogens (tertiary/aromatic N) is 2. The van der Waals surface area contributed by atoms with Gasteiger partial charge in [-0.2, -0.15) is 0 Å². The molecule has 0 aliphatic carbocycles. The van der Waals surface area contributed by atoms with E-state index in [2.05, 4.69) is 4.90 Å². The number of benzene rings is 1. The summed E-state index contributed by atoms with van der Waals surface area (Å²) in [5.41, 5.74) is 0. The quantitative estimate of drug-likeness (QED) is 0.748. The lowest BCUT2D eigenvalue weighted by Crippen LogP contribution is -2.55. The topological polar surface area (TPSA) is 51.2 Å². The molecule has 6 heteroatoms. The number of rotatable bonds is 6. The lowest BCUT2D eigenvalue weighted by Gasteiger charge is -2.40. The van der Waals surface area contributed by atoms with Gasteiger partial charge in [-0.15, -0.1) is 0 Å². The number of likely N-dealkylation sites (tertiary alicyclic amines) is 1. The summed E-state index contributed by atoms with van der Waals surface area (Å²) < 4.78 is 17.6. The first-order valence-corrected chi connectivity index (χ1v) is 10.5. The fourth-order valence-corrected chi connectivity index (χ4v) is 4.16. The summed E-state index contributed by atoms with van der Waals surface area (Å²) in [4.78, 5) is 17.2. The van der Waals surface area contributed by atoms with Crippen LogP contribution in [0.5, 0.6) is 11.5 Å². The van der Waals surface area contributed by atoms with Gasteiger partial charge in [0.25, 0.3) is 0 Å². The van der Waals surface area contributed by atoms with Crippen LogP contribution in [-0.2, 0) is 9.53 Å². The molecule has 3 atom stereocenters. The highest BCUT2D eigenvalue weighted by atomic mass is 16.5. The Morgan fingerprint density at radius 1 is 1.14 bits per heavy atom. The molecule has 6 nitrogen and oxygen atoms in total. The van der Waals surface area contributed by atoms with Crippen molar-refractivity contribution in [2.45, 2.75) is 64.9 Å². The average Bonchev–Trinajstić information content (AvgIpc) is 2.68. The maximum atomic E-state index is 13.0. The number of para-hydroxylation sites is 2. The van der Waals surface area contributed by atoms with Gasteiger partial charge in [0.2, 0.25) is 5.91 Å². The van der Waals surface area contributed by atoms with Gasteiger partial charge in [0.15, 0.2) is 11.5 Å². The zero-order valence-electron chi connectivity index (χ0n) is 17.6. The number of piperidine rings is 1. The molecule has 28 heavy (non-hydrogen) atoms. The molecule has 0 spiro atoms. The highest BCUT2D eigenvalue weighted by Gasteiger charge is 2.33. The largest absolute Gasteiger partial charge is 0.490 e. The van der Waals surface area contributed by atoms with Gasteiger partial charge in [0.05, 0.1) is 24.9 Å². The third-order valence-electron chi connectivity index (χ3n) is 5.56. The molecule has 2 aliphatic heterocycles. The SMILES string of the molecule is CCOc1ccccc1OC1CCN(C(C)C(=O)N2CC(C)OC(C)C2)CC1. The number of hydrogen-bond donors (Lipinski definition) is 0. The van der Waals surface area contributed by atoms with Crippen molar-refractivity contribution >= 4 is 5.91 Å². The van der Waals surface area contributed by atoms with E-state index >= 15 is 0 Å². The van der Waals surface area contributed by atoms with E-state index in [1.165, 1.54) is 0 Å². The highest BCUT2D eigenvalue weighted by Crippen LogP contribution is 2.29. The predicted molar refractivity (Wildman–Crippen MR) is 109 cm³/mol. The molecule has 0 aromatic heterocycles. The molecule has 1 aromatic carbocycles. The molecular weight excluding hydrogens is 356 g/mol. The van der Waals surface area contributed by atoms with Crippen molar-refractivity contribution in [3.63, 3.8) is 0 Å². The maximum Gasteiger partial charge on any atom is 0.239 e. The number of hydrogen-bond acceptors (Lipinski definition) is 5.